The Labute approximate surface area is 78.6 Å². The number of nitrogens with one attached hydrogen (secondary N) is 1. The summed E-state index contributed by atoms with van der Waals surface area (Å²) in [7, 11) is 0. The molecule has 4 nitrogen and oxygen atoms in total. The van der Waals surface area contributed by atoms with Crippen LogP contribution in [0, 0.1) is 0 Å². The zero-order valence-corrected chi connectivity index (χ0v) is 8.41. The Morgan fingerprint density at radius 3 is 2.69 bits per heavy atom. The van der Waals surface area contributed by atoms with E-state index in [0.717, 1.165) is 5.69 Å². The molecule has 1 heterocycles. The topological polar surface area (TPSA) is 50.1 Å². The third-order valence-corrected chi connectivity index (χ3v) is 1.71. The number of hydrogen-bond acceptors (Lipinski definition) is 3. The summed E-state index contributed by atoms with van der Waals surface area (Å²) in [5.74, 6) is 0. The molecule has 1 rings (SSSR count). The van der Waals surface area contributed by atoms with Gasteiger partial charge in [0.05, 0.1) is 24.0 Å². The molecule has 0 saturated carbocycles. The lowest BCUT2D eigenvalue weighted by molar-refractivity contribution is 0.311. The molecule has 2 N–H and O–H groups in total. The minimum Gasteiger partial charge on any atom is -0.395 e. The van der Waals surface area contributed by atoms with Gasteiger partial charge in [-0.1, -0.05) is 0 Å². The van der Waals surface area contributed by atoms with Crippen LogP contribution in [0.15, 0.2) is 12.4 Å². The first-order chi connectivity index (χ1) is 6.04. The Kier molecular flexibility index (Phi) is 2.93. The minimum atomic E-state index is 0.0130. The minimum absolute atomic E-state index is 0.0130. The second-order valence-electron chi connectivity index (χ2n) is 3.99. The van der Waals surface area contributed by atoms with Crippen LogP contribution in [0.2, 0.25) is 0 Å². The van der Waals surface area contributed by atoms with Crippen LogP contribution in [-0.4, -0.2) is 28.0 Å². The van der Waals surface area contributed by atoms with Crippen LogP contribution in [0.1, 0.15) is 20.8 Å². The molecule has 1 aromatic heterocycles. The molecule has 0 aromatic carbocycles. The number of nitrogens with zero attached hydrogens (tertiary/aromatic N) is 2. The van der Waals surface area contributed by atoms with Gasteiger partial charge in [-0.15, -0.1) is 0 Å². The van der Waals surface area contributed by atoms with Crippen molar-refractivity contribution in [1.29, 1.82) is 0 Å². The van der Waals surface area contributed by atoms with Gasteiger partial charge in [-0.05, 0) is 20.8 Å². The molecule has 0 atom stereocenters. The average molecular weight is 183 g/mol. The quantitative estimate of drug-likeness (QED) is 0.736. The number of anilines is 1. The van der Waals surface area contributed by atoms with Gasteiger partial charge in [0.15, 0.2) is 0 Å². The van der Waals surface area contributed by atoms with E-state index in [2.05, 4.69) is 31.2 Å². The van der Waals surface area contributed by atoms with E-state index >= 15 is 0 Å². The van der Waals surface area contributed by atoms with Gasteiger partial charge in [0.25, 0.3) is 0 Å². The van der Waals surface area contributed by atoms with Gasteiger partial charge in [0, 0.05) is 12.7 Å². The van der Waals surface area contributed by atoms with Crippen molar-refractivity contribution in [2.24, 2.45) is 0 Å². The van der Waals surface area contributed by atoms with Crippen molar-refractivity contribution in [1.82, 2.24) is 9.78 Å². The fourth-order valence-corrected chi connectivity index (χ4v) is 0.981. The number of hydrogen-bond donors (Lipinski definition) is 2. The first-order valence-corrected chi connectivity index (χ1v) is 4.44. The molecular formula is C9H17N3O. The largest absolute Gasteiger partial charge is 0.395 e. The lowest BCUT2D eigenvalue weighted by Crippen LogP contribution is -2.21. The van der Waals surface area contributed by atoms with Crippen LogP contribution >= 0.6 is 0 Å². The van der Waals surface area contributed by atoms with E-state index in [1.54, 1.807) is 6.20 Å². The summed E-state index contributed by atoms with van der Waals surface area (Å²) in [5, 5.41) is 15.9. The Bertz CT molecular complexity index is 262. The second kappa shape index (κ2) is 3.79. The lowest BCUT2D eigenvalue weighted by Gasteiger charge is -2.18. The van der Waals surface area contributed by atoms with Gasteiger partial charge >= 0.3 is 0 Å². The molecule has 0 unspecified atom stereocenters. The number of aliphatic hydroxyl groups is 1. The molecule has 0 fully saturated rings. The van der Waals surface area contributed by atoms with Gasteiger partial charge in [-0.3, -0.25) is 4.68 Å². The Morgan fingerprint density at radius 2 is 2.23 bits per heavy atom. The van der Waals surface area contributed by atoms with E-state index in [0.29, 0.717) is 6.54 Å². The summed E-state index contributed by atoms with van der Waals surface area (Å²) in [6.45, 7) is 6.98. The summed E-state index contributed by atoms with van der Waals surface area (Å²) in [6, 6.07) is 0. The van der Waals surface area contributed by atoms with Crippen molar-refractivity contribution in [2.75, 3.05) is 18.5 Å². The number of aliphatic hydroxyl groups excluding tert-OH is 1. The van der Waals surface area contributed by atoms with Crippen LogP contribution in [-0.2, 0) is 5.54 Å². The zero-order chi connectivity index (χ0) is 9.90. The van der Waals surface area contributed by atoms with E-state index in [1.165, 1.54) is 0 Å². The number of rotatable bonds is 3. The lowest BCUT2D eigenvalue weighted by atomic mass is 10.1. The van der Waals surface area contributed by atoms with Gasteiger partial charge in [0.1, 0.15) is 0 Å². The van der Waals surface area contributed by atoms with Crippen LogP contribution in [0.25, 0.3) is 0 Å². The molecule has 4 heteroatoms. The van der Waals surface area contributed by atoms with Crippen LogP contribution in [0.4, 0.5) is 5.69 Å². The van der Waals surface area contributed by atoms with Crippen LogP contribution in [0.3, 0.4) is 0 Å². The summed E-state index contributed by atoms with van der Waals surface area (Å²) in [4.78, 5) is 0. The molecular weight excluding hydrogens is 166 g/mol. The van der Waals surface area contributed by atoms with E-state index in [4.69, 9.17) is 5.11 Å². The van der Waals surface area contributed by atoms with Crippen LogP contribution < -0.4 is 5.32 Å². The third kappa shape index (κ3) is 2.73. The fourth-order valence-electron chi connectivity index (χ4n) is 0.981. The van der Waals surface area contributed by atoms with Crippen molar-refractivity contribution in [3.05, 3.63) is 12.4 Å². The Balaban J connectivity index is 2.64. The van der Waals surface area contributed by atoms with Crippen molar-refractivity contribution < 1.29 is 5.11 Å². The summed E-state index contributed by atoms with van der Waals surface area (Å²) >= 11 is 0. The van der Waals surface area contributed by atoms with Crippen molar-refractivity contribution in [3.8, 4) is 0 Å². The zero-order valence-electron chi connectivity index (χ0n) is 8.41. The third-order valence-electron chi connectivity index (χ3n) is 1.71. The Hall–Kier alpha value is -1.03. The Morgan fingerprint density at radius 1 is 1.54 bits per heavy atom. The monoisotopic (exact) mass is 183 g/mol. The summed E-state index contributed by atoms with van der Waals surface area (Å²) < 4.78 is 1.90. The van der Waals surface area contributed by atoms with Gasteiger partial charge in [-0.2, -0.15) is 5.10 Å². The highest BCUT2D eigenvalue weighted by atomic mass is 16.3. The molecule has 0 aliphatic carbocycles. The molecule has 1 aromatic rings. The standard InChI is InChI=1S/C9H17N3O/c1-9(2,3)12-7-8(6-11-12)10-4-5-13/h6-7,10,13H,4-5H2,1-3H3. The first kappa shape index (κ1) is 10.1. The predicted molar refractivity (Wildman–Crippen MR) is 52.8 cm³/mol. The smallest absolute Gasteiger partial charge is 0.0727 e. The summed E-state index contributed by atoms with van der Waals surface area (Å²) in [5.41, 5.74) is 0.961. The van der Waals surface area contributed by atoms with Gasteiger partial charge < -0.3 is 10.4 Å². The van der Waals surface area contributed by atoms with Gasteiger partial charge in [-0.25, -0.2) is 0 Å². The highest BCUT2D eigenvalue weighted by molar-refractivity contribution is 5.38. The maximum absolute atomic E-state index is 8.60. The molecule has 0 radical (unpaired) electrons. The normalized spacial score (nSPS) is 11.7. The average Bonchev–Trinajstić information content (AvgIpc) is 2.47. The fraction of sp³-hybridized carbons (Fsp3) is 0.667. The highest BCUT2D eigenvalue weighted by Gasteiger charge is 2.13. The first-order valence-electron chi connectivity index (χ1n) is 4.44. The van der Waals surface area contributed by atoms with E-state index in [9.17, 15) is 0 Å². The maximum Gasteiger partial charge on any atom is 0.0727 e. The highest BCUT2D eigenvalue weighted by Crippen LogP contribution is 2.15. The molecule has 0 saturated heterocycles. The van der Waals surface area contributed by atoms with Gasteiger partial charge in [0.2, 0.25) is 0 Å². The molecule has 74 valence electrons. The van der Waals surface area contributed by atoms with Crippen molar-refractivity contribution in [2.45, 2.75) is 26.3 Å². The molecule has 0 aliphatic rings. The van der Waals surface area contributed by atoms with Crippen LogP contribution in [0.5, 0.6) is 0 Å². The van der Waals surface area contributed by atoms with E-state index in [1.807, 2.05) is 10.9 Å². The number of aromatic nitrogens is 2. The van der Waals surface area contributed by atoms with E-state index in [-0.39, 0.29) is 12.1 Å². The maximum atomic E-state index is 8.60. The molecule has 0 amide bonds. The predicted octanol–water partition coefficient (Wildman–Crippen LogP) is 1.04. The van der Waals surface area contributed by atoms with Crippen molar-refractivity contribution in [3.63, 3.8) is 0 Å². The molecule has 0 aliphatic heterocycles. The second-order valence-corrected chi connectivity index (χ2v) is 3.99. The summed E-state index contributed by atoms with van der Waals surface area (Å²) in [6.07, 6.45) is 3.70. The SMILES string of the molecule is CC(C)(C)n1cc(NCCO)cn1. The van der Waals surface area contributed by atoms with Crippen molar-refractivity contribution >= 4 is 5.69 Å². The molecule has 13 heavy (non-hydrogen) atoms. The molecule has 0 bridgehead atoms. The van der Waals surface area contributed by atoms with E-state index < -0.39 is 0 Å². The molecule has 0 spiro atoms.